The van der Waals surface area contributed by atoms with E-state index in [-0.39, 0.29) is 23.5 Å². The van der Waals surface area contributed by atoms with E-state index in [4.69, 9.17) is 4.74 Å². The van der Waals surface area contributed by atoms with Gasteiger partial charge in [0.2, 0.25) is 5.91 Å². The Morgan fingerprint density at radius 2 is 1.77 bits per heavy atom. The molecule has 0 unspecified atom stereocenters. The summed E-state index contributed by atoms with van der Waals surface area (Å²) < 4.78 is 18.4. The molecule has 2 amide bonds. The van der Waals surface area contributed by atoms with Gasteiger partial charge in [0.15, 0.2) is 0 Å². The van der Waals surface area contributed by atoms with Gasteiger partial charge in [0.25, 0.3) is 5.91 Å². The second-order valence-corrected chi connectivity index (χ2v) is 8.91. The first-order chi connectivity index (χ1) is 14.5. The van der Waals surface area contributed by atoms with Gasteiger partial charge >= 0.3 is 0 Å². The van der Waals surface area contributed by atoms with Crippen molar-refractivity contribution in [3.63, 3.8) is 0 Å². The molecule has 0 spiro atoms. The number of rotatable bonds is 4. The zero-order chi connectivity index (χ0) is 21.1. The molecule has 2 aliphatic rings. The van der Waals surface area contributed by atoms with Gasteiger partial charge in [0.05, 0.1) is 23.9 Å². The number of amides is 2. The maximum Gasteiger partial charge on any atom is 0.265 e. The Morgan fingerprint density at radius 1 is 1.10 bits per heavy atom. The van der Waals surface area contributed by atoms with E-state index < -0.39 is 0 Å². The molecule has 160 valence electrons. The van der Waals surface area contributed by atoms with Crippen LogP contribution in [0, 0.1) is 18.7 Å². The van der Waals surface area contributed by atoms with Crippen LogP contribution in [0.2, 0.25) is 0 Å². The fraction of sp³-hybridized carbons (Fsp3) is 0.500. The van der Waals surface area contributed by atoms with Crippen molar-refractivity contribution in [3.05, 3.63) is 51.2 Å². The van der Waals surface area contributed by atoms with Crippen LogP contribution in [0.25, 0.3) is 0 Å². The molecule has 1 aromatic heterocycles. The van der Waals surface area contributed by atoms with E-state index >= 15 is 0 Å². The molecule has 0 bridgehead atoms. The number of carbonyl (C=O) groups is 2. The summed E-state index contributed by atoms with van der Waals surface area (Å²) in [5.41, 5.74) is 1.69. The van der Waals surface area contributed by atoms with Crippen molar-refractivity contribution in [1.29, 1.82) is 0 Å². The number of piperidine rings is 1. The molecule has 0 aliphatic carbocycles. The molecule has 0 radical (unpaired) electrons. The number of thiazole rings is 1. The van der Waals surface area contributed by atoms with Crippen molar-refractivity contribution < 1.29 is 18.7 Å². The highest BCUT2D eigenvalue weighted by Crippen LogP contribution is 2.26. The van der Waals surface area contributed by atoms with Crippen LogP contribution < -0.4 is 0 Å². The number of likely N-dealkylation sites (tertiary alicyclic amines) is 1. The minimum absolute atomic E-state index is 0.00683. The molecule has 4 rings (SSSR count). The third kappa shape index (κ3) is 4.70. The number of nitrogens with zero attached hydrogens (tertiary/aromatic N) is 3. The Hall–Kier alpha value is -2.32. The maximum absolute atomic E-state index is 13.1. The van der Waals surface area contributed by atoms with Gasteiger partial charge in [-0.05, 0) is 37.5 Å². The van der Waals surface area contributed by atoms with E-state index in [9.17, 15) is 14.0 Å². The predicted molar refractivity (Wildman–Crippen MR) is 112 cm³/mol. The van der Waals surface area contributed by atoms with E-state index in [1.807, 2.05) is 16.7 Å². The Morgan fingerprint density at radius 3 is 2.43 bits per heavy atom. The highest BCUT2D eigenvalue weighted by Gasteiger charge is 2.32. The summed E-state index contributed by atoms with van der Waals surface area (Å²) in [5, 5.41) is 0.847. The molecule has 3 heterocycles. The summed E-state index contributed by atoms with van der Waals surface area (Å²) in [4.78, 5) is 34.7. The molecule has 8 heteroatoms. The number of aromatic nitrogens is 1. The molecule has 0 N–H and O–H groups in total. The fourth-order valence-electron chi connectivity index (χ4n) is 4.02. The Balaban J connectivity index is 1.35. The zero-order valence-electron chi connectivity index (χ0n) is 17.1. The summed E-state index contributed by atoms with van der Waals surface area (Å²) in [6.45, 7) is 5.56. The lowest BCUT2D eigenvalue weighted by Crippen LogP contribution is -2.47. The summed E-state index contributed by atoms with van der Waals surface area (Å²) in [7, 11) is 0. The number of benzene rings is 1. The van der Waals surface area contributed by atoms with Crippen molar-refractivity contribution in [2.45, 2.75) is 26.2 Å². The van der Waals surface area contributed by atoms with E-state index in [1.165, 1.54) is 23.5 Å². The predicted octanol–water partition coefficient (Wildman–Crippen LogP) is 2.89. The van der Waals surface area contributed by atoms with E-state index in [2.05, 4.69) is 4.98 Å². The SMILES string of the molecule is Cc1nc(Cc2ccc(F)cc2)sc1C(=O)N1CCC(C(=O)N2CCOCC2)CC1. The van der Waals surface area contributed by atoms with E-state index in [0.29, 0.717) is 63.5 Å². The highest BCUT2D eigenvalue weighted by molar-refractivity contribution is 7.13. The average molecular weight is 432 g/mol. The number of morpholine rings is 1. The van der Waals surface area contributed by atoms with Gasteiger partial charge in [-0.25, -0.2) is 9.37 Å². The first kappa shape index (κ1) is 20.9. The molecule has 2 aliphatic heterocycles. The van der Waals surface area contributed by atoms with E-state index in [1.54, 1.807) is 12.1 Å². The lowest BCUT2D eigenvalue weighted by molar-refractivity contribution is -0.141. The topological polar surface area (TPSA) is 62.7 Å². The number of aryl methyl sites for hydroxylation is 1. The summed E-state index contributed by atoms with van der Waals surface area (Å²) >= 11 is 1.40. The number of ether oxygens (including phenoxy) is 1. The third-order valence-electron chi connectivity index (χ3n) is 5.76. The molecule has 2 aromatic rings. The lowest BCUT2D eigenvalue weighted by atomic mass is 9.95. The van der Waals surface area contributed by atoms with Crippen LogP contribution in [-0.4, -0.2) is 66.0 Å². The molecular weight excluding hydrogens is 405 g/mol. The molecule has 2 saturated heterocycles. The summed E-state index contributed by atoms with van der Waals surface area (Å²) in [6.07, 6.45) is 1.97. The van der Waals surface area contributed by atoms with Gasteiger partial charge in [-0.2, -0.15) is 0 Å². The number of hydrogen-bond donors (Lipinski definition) is 0. The monoisotopic (exact) mass is 431 g/mol. The first-order valence-electron chi connectivity index (χ1n) is 10.4. The van der Waals surface area contributed by atoms with Gasteiger partial charge in [-0.1, -0.05) is 12.1 Å². The van der Waals surface area contributed by atoms with Crippen LogP contribution in [0.3, 0.4) is 0 Å². The third-order valence-corrected chi connectivity index (χ3v) is 6.90. The maximum atomic E-state index is 13.1. The Bertz CT molecular complexity index is 901. The van der Waals surface area contributed by atoms with Crippen molar-refractivity contribution in [3.8, 4) is 0 Å². The normalized spacial score (nSPS) is 17.9. The largest absolute Gasteiger partial charge is 0.378 e. The number of hydrogen-bond acceptors (Lipinski definition) is 5. The number of halogens is 1. The van der Waals surface area contributed by atoms with Crippen molar-refractivity contribution in [1.82, 2.24) is 14.8 Å². The lowest BCUT2D eigenvalue weighted by Gasteiger charge is -2.35. The van der Waals surface area contributed by atoms with E-state index in [0.717, 1.165) is 16.3 Å². The van der Waals surface area contributed by atoms with Gasteiger partial charge in [0, 0.05) is 38.5 Å². The molecule has 1 aromatic carbocycles. The molecule has 0 saturated carbocycles. The van der Waals surface area contributed by atoms with Gasteiger partial charge < -0.3 is 14.5 Å². The van der Waals surface area contributed by atoms with Crippen molar-refractivity contribution in [2.75, 3.05) is 39.4 Å². The van der Waals surface area contributed by atoms with Crippen LogP contribution in [0.4, 0.5) is 4.39 Å². The summed E-state index contributed by atoms with van der Waals surface area (Å²) in [6, 6.07) is 6.35. The van der Waals surface area contributed by atoms with Gasteiger partial charge in [0.1, 0.15) is 10.7 Å². The quantitative estimate of drug-likeness (QED) is 0.747. The Labute approximate surface area is 179 Å². The van der Waals surface area contributed by atoms with Gasteiger partial charge in [-0.15, -0.1) is 11.3 Å². The second kappa shape index (κ2) is 9.22. The van der Waals surface area contributed by atoms with Crippen LogP contribution in [-0.2, 0) is 16.0 Å². The zero-order valence-corrected chi connectivity index (χ0v) is 17.9. The van der Waals surface area contributed by atoms with Crippen LogP contribution >= 0.6 is 11.3 Å². The van der Waals surface area contributed by atoms with Gasteiger partial charge in [-0.3, -0.25) is 9.59 Å². The van der Waals surface area contributed by atoms with Crippen LogP contribution in [0.15, 0.2) is 24.3 Å². The summed E-state index contributed by atoms with van der Waals surface area (Å²) in [5.74, 6) is -0.0854. The number of carbonyl (C=O) groups excluding carboxylic acids is 2. The minimum atomic E-state index is -0.263. The fourth-order valence-corrected chi connectivity index (χ4v) is 5.09. The first-order valence-corrected chi connectivity index (χ1v) is 11.2. The minimum Gasteiger partial charge on any atom is -0.378 e. The average Bonchev–Trinajstić information content (AvgIpc) is 3.15. The standard InChI is InChI=1S/C22H26FN3O3S/c1-15-20(30-19(24-15)14-16-2-4-18(23)5-3-16)22(28)25-8-6-17(7-9-25)21(27)26-10-12-29-13-11-26/h2-5,17H,6-14H2,1H3. The molecule has 2 fully saturated rings. The molecule has 0 atom stereocenters. The second-order valence-electron chi connectivity index (χ2n) is 7.83. The smallest absolute Gasteiger partial charge is 0.265 e. The van der Waals surface area contributed by atoms with Crippen molar-refractivity contribution >= 4 is 23.2 Å². The Kier molecular flexibility index (Phi) is 6.43. The van der Waals surface area contributed by atoms with Crippen molar-refractivity contribution in [2.24, 2.45) is 5.92 Å². The molecule has 6 nitrogen and oxygen atoms in total. The molecular formula is C22H26FN3O3S. The van der Waals surface area contributed by atoms with Crippen LogP contribution in [0.5, 0.6) is 0 Å². The van der Waals surface area contributed by atoms with Crippen LogP contribution in [0.1, 0.15) is 38.8 Å². The highest BCUT2D eigenvalue weighted by atomic mass is 32.1. The molecule has 30 heavy (non-hydrogen) atoms.